The van der Waals surface area contributed by atoms with E-state index in [-0.39, 0.29) is 4.90 Å². The molecule has 0 spiro atoms. The van der Waals surface area contributed by atoms with E-state index in [2.05, 4.69) is 0 Å². The van der Waals surface area contributed by atoms with Gasteiger partial charge in [-0.3, -0.25) is 0 Å². The second-order valence-electron chi connectivity index (χ2n) is 13.9. The van der Waals surface area contributed by atoms with Crippen molar-refractivity contribution < 1.29 is 60.9 Å². The highest BCUT2D eigenvalue weighted by atomic mass is 16.3. The second kappa shape index (κ2) is 15.0. The predicted octanol–water partition coefficient (Wildman–Crippen LogP) is 17.9. The lowest BCUT2D eigenvalue weighted by atomic mass is 9.92. The second-order valence-corrected chi connectivity index (χ2v) is 13.9. The van der Waals surface area contributed by atoms with E-state index >= 15 is 0 Å². The van der Waals surface area contributed by atoms with Gasteiger partial charge >= 0.3 is 0 Å². The van der Waals surface area contributed by atoms with E-state index in [9.17, 15) is 24.7 Å². The molecule has 0 N–H and O–H groups in total. The summed E-state index contributed by atoms with van der Waals surface area (Å²) < 4.78 is 364. The fraction of sp³-hybridized carbons (Fsp3) is 0. The van der Waals surface area contributed by atoms with Gasteiger partial charge in [0.15, 0.2) is 0 Å². The molecule has 0 fully saturated rings. The van der Waals surface area contributed by atoms with Crippen molar-refractivity contribution in [2.24, 2.45) is 0 Å². The number of rotatable bonds is 7. The minimum Gasteiger partial charge on any atom is -0.455 e. The first-order valence-electron chi connectivity index (χ1n) is 38.1. The minimum atomic E-state index is -1.46. The summed E-state index contributed by atoms with van der Waals surface area (Å²) >= 11 is 0. The lowest BCUT2D eigenvalue weighted by Gasteiger charge is -2.27. The first kappa shape index (κ1) is 15.3. The van der Waals surface area contributed by atoms with Gasteiger partial charge in [0, 0.05) is 55.1 Å². The summed E-state index contributed by atoms with van der Waals surface area (Å²) in [4.78, 5) is 0.265. The zero-order valence-electron chi connectivity index (χ0n) is 70.3. The maximum absolute atomic E-state index is 10.8. The van der Waals surface area contributed by atoms with E-state index in [0.717, 1.165) is 6.07 Å². The van der Waals surface area contributed by atoms with Gasteiger partial charge in [-0.25, -0.2) is 0 Å². The maximum atomic E-state index is 10.8. The van der Waals surface area contributed by atoms with E-state index in [4.69, 9.17) is 36.2 Å². The molecule has 13 aromatic rings. The van der Waals surface area contributed by atoms with Crippen LogP contribution in [-0.2, 0) is 0 Å². The summed E-state index contributed by atoms with van der Waals surface area (Å²) in [5, 5.41) is -6.03. The summed E-state index contributed by atoms with van der Waals surface area (Å²) in [6.07, 6.45) is 0. The van der Waals surface area contributed by atoms with E-state index < -0.39 is 357 Å². The molecular formula is C62H39NO2. The Morgan fingerprint density at radius 1 is 0.292 bits per heavy atom. The number of hydrogen-bond acceptors (Lipinski definition) is 3. The van der Waals surface area contributed by atoms with Crippen LogP contribution in [0, 0.1) is 0 Å². The monoisotopic (exact) mass is 868 g/mol. The van der Waals surface area contributed by atoms with Crippen LogP contribution in [0.2, 0.25) is 0 Å². The van der Waals surface area contributed by atoms with Crippen molar-refractivity contribution in [2.75, 3.05) is 4.90 Å². The molecule has 0 aliphatic rings. The molecule has 0 unspecified atom stereocenters. The Labute approximate surface area is 429 Å². The van der Waals surface area contributed by atoms with Crippen LogP contribution in [0.1, 0.15) is 52.1 Å². The van der Waals surface area contributed by atoms with E-state index in [1.807, 2.05) is 0 Å². The zero-order chi connectivity index (χ0) is 75.9. The Hall–Kier alpha value is -8.66. The van der Waals surface area contributed by atoms with Gasteiger partial charge in [0.2, 0.25) is 0 Å². The molecule has 2 heterocycles. The lowest BCUT2D eigenvalue weighted by Crippen LogP contribution is -2.10. The average Bonchev–Trinajstić information content (AvgIpc) is 1.66. The van der Waals surface area contributed by atoms with Gasteiger partial charge in [0.1, 0.15) is 22.3 Å². The Kier molecular flexibility index (Phi) is 3.52. The molecule has 13 rings (SSSR count). The molecule has 0 saturated heterocycles. The molecule has 11 aromatic carbocycles. The molecule has 0 aliphatic heterocycles. The molecule has 0 atom stereocenters. The predicted molar refractivity (Wildman–Crippen MR) is 272 cm³/mol. The zero-order valence-corrected chi connectivity index (χ0v) is 32.3. The number of nitrogens with zero attached hydrogens (tertiary/aromatic N) is 1. The highest BCUT2D eigenvalue weighted by Gasteiger charge is 2.22. The molecule has 0 bridgehead atoms. The van der Waals surface area contributed by atoms with Crippen LogP contribution in [0.4, 0.5) is 17.1 Å². The Morgan fingerprint density at radius 3 is 1.78 bits per heavy atom. The third-order valence-corrected chi connectivity index (χ3v) is 10.1. The van der Waals surface area contributed by atoms with Crippen LogP contribution >= 0.6 is 0 Å². The lowest BCUT2D eigenvalue weighted by molar-refractivity contribution is 0.670. The normalized spacial score (nSPS) is 19.9. The smallest absolute Gasteiger partial charge is 0.143 e. The van der Waals surface area contributed by atoms with Crippen molar-refractivity contribution in [3.8, 4) is 44.5 Å². The van der Waals surface area contributed by atoms with Gasteiger partial charge in [-0.2, -0.15) is 0 Å². The van der Waals surface area contributed by atoms with Gasteiger partial charge in [0.25, 0.3) is 0 Å². The molecule has 65 heavy (non-hydrogen) atoms. The summed E-state index contributed by atoms with van der Waals surface area (Å²) in [5.74, 6) is 0. The fourth-order valence-electron chi connectivity index (χ4n) is 7.24. The SMILES string of the molecule is [2H]c1cc(-c2c([2H])c(-c3c([2H])c([2H])c([2H])c([2H])c3[2H])c([2H])c(-c3c([2H])c(N(c4c([2H])c([2H])c(-c5c([2H])c([2H])c([2H])c6c5oc5c([2H])c([2H])c([2H])c([2H])c56)c([2H])c4[2H])c4c([2H])c([2H])c5c([2H])c([2H])c([2H])c([2H])c5c4[2H])c([2H])c4c3oc3c5c([2H])c([2H])c([2H])c([2H])c5c([2H])c([2H])c34)c2[2H])c([2H])c([2H])c1[2H]. The molecule has 304 valence electrons. The number of benzene rings is 11. The maximum Gasteiger partial charge on any atom is 0.143 e. The number of anilines is 3. The van der Waals surface area contributed by atoms with E-state index in [0.29, 0.717) is 0 Å². The molecular weight excluding hydrogens is 791 g/mol. The van der Waals surface area contributed by atoms with Crippen molar-refractivity contribution in [1.29, 1.82) is 0 Å². The third-order valence-electron chi connectivity index (χ3n) is 10.1. The molecule has 0 saturated carbocycles. The highest BCUT2D eigenvalue weighted by Crippen LogP contribution is 2.47. The molecule has 0 aliphatic carbocycles. The van der Waals surface area contributed by atoms with Gasteiger partial charge in [-0.1, -0.05) is 169 Å². The van der Waals surface area contributed by atoms with Crippen molar-refractivity contribution >= 4 is 82.5 Å². The Morgan fingerprint density at radius 2 is 0.923 bits per heavy atom. The molecule has 3 nitrogen and oxygen atoms in total. The molecule has 2 aromatic heterocycles. The Balaban J connectivity index is 1.32. The van der Waals surface area contributed by atoms with Crippen LogP contribution in [0.5, 0.6) is 0 Å². The number of para-hydroxylation sites is 2. The van der Waals surface area contributed by atoms with E-state index in [1.54, 1.807) is 0 Å². The first-order chi connectivity index (χ1) is 48.1. The van der Waals surface area contributed by atoms with Crippen molar-refractivity contribution in [3.63, 3.8) is 0 Å². The van der Waals surface area contributed by atoms with Crippen LogP contribution in [0.3, 0.4) is 0 Å². The summed E-state index contributed by atoms with van der Waals surface area (Å²) in [6, 6.07) is -40.6. The van der Waals surface area contributed by atoms with Gasteiger partial charge in [-0.15, -0.1) is 0 Å². The summed E-state index contributed by atoms with van der Waals surface area (Å²) in [7, 11) is 0. The summed E-state index contributed by atoms with van der Waals surface area (Å²) in [5.41, 5.74) is -15.2. The largest absolute Gasteiger partial charge is 0.455 e. The fourth-order valence-corrected chi connectivity index (χ4v) is 7.24. The quantitative estimate of drug-likeness (QED) is 0.160. The van der Waals surface area contributed by atoms with Crippen LogP contribution in [-0.4, -0.2) is 0 Å². The third kappa shape index (κ3) is 6.28. The highest BCUT2D eigenvalue weighted by molar-refractivity contribution is 6.18. The topological polar surface area (TPSA) is 29.5 Å². The number of fused-ring (bicyclic) bond motifs is 9. The molecule has 0 amide bonds. The van der Waals surface area contributed by atoms with Crippen molar-refractivity contribution in [2.45, 2.75) is 0 Å². The average molecular weight is 868 g/mol. The summed E-state index contributed by atoms with van der Waals surface area (Å²) in [6.45, 7) is 0. The molecule has 3 heteroatoms. The number of hydrogen-bond donors (Lipinski definition) is 0. The minimum absolute atomic E-state index is 0.265. The van der Waals surface area contributed by atoms with Crippen molar-refractivity contribution in [1.82, 2.24) is 0 Å². The first-order valence-corrected chi connectivity index (χ1v) is 19.1. The van der Waals surface area contributed by atoms with Crippen molar-refractivity contribution in [3.05, 3.63) is 236 Å². The van der Waals surface area contributed by atoms with Crippen LogP contribution in [0.25, 0.3) is 110 Å². The Bertz CT molecular complexity index is 6180. The van der Waals surface area contributed by atoms with Gasteiger partial charge < -0.3 is 13.7 Å². The molecule has 0 radical (unpaired) electrons. The van der Waals surface area contributed by atoms with Gasteiger partial charge in [0.05, 0.1) is 52.1 Å². The standard InChI is InChI=1S/C62H39NO2/c1-3-14-40(15-4-1)46-34-47(41-16-5-2-6-17-41)36-48(35-46)57-38-51(39-58-56-33-29-43-19-9-10-21-52(43)61(56)65-62(57)58)63(50-32-26-42-18-7-8-20-45(42)37-50)49-30-27-44(28-31-49)53-23-13-24-55-54-22-11-12-25-59(54)64-60(53)55/h1-39H/i1D,2D,3D,4D,5D,6D,7D,8D,9D,10D,11D,12D,13D,14D,15D,16D,18D,19D,20D,21D,22D,23D,24D,25D,26D,27D,28D,29D,30D,31D,32D,33D,34D,35D,36D,37D,38D,39D. The van der Waals surface area contributed by atoms with Crippen LogP contribution in [0.15, 0.2) is 245 Å². The van der Waals surface area contributed by atoms with Gasteiger partial charge in [-0.05, 0) is 116 Å². The van der Waals surface area contributed by atoms with Crippen LogP contribution < -0.4 is 4.90 Å². The van der Waals surface area contributed by atoms with E-state index in [1.165, 1.54) is 0 Å². The number of furan rings is 2.